The summed E-state index contributed by atoms with van der Waals surface area (Å²) in [5.74, 6) is 0. The summed E-state index contributed by atoms with van der Waals surface area (Å²) < 4.78 is 27.7. The van der Waals surface area contributed by atoms with Crippen LogP contribution in [0.5, 0.6) is 0 Å². The first kappa shape index (κ1) is 14.4. The first-order valence-corrected chi connectivity index (χ1v) is 8.72. The molecule has 0 saturated carbocycles. The molecule has 0 saturated heterocycles. The van der Waals surface area contributed by atoms with E-state index in [2.05, 4.69) is 15.9 Å². The van der Waals surface area contributed by atoms with E-state index in [1.165, 1.54) is 3.97 Å². The Bertz CT molecular complexity index is 925. The van der Waals surface area contributed by atoms with Crippen molar-refractivity contribution in [3.05, 3.63) is 64.3 Å². The molecule has 5 heteroatoms. The van der Waals surface area contributed by atoms with Crippen LogP contribution in [0.15, 0.2) is 58.0 Å². The molecule has 0 aliphatic carbocycles. The third-order valence-corrected chi connectivity index (χ3v) is 5.72. The van der Waals surface area contributed by atoms with Crippen LogP contribution < -0.4 is 0 Å². The van der Waals surface area contributed by atoms with Crippen LogP contribution in [0, 0.1) is 13.8 Å². The van der Waals surface area contributed by atoms with Gasteiger partial charge in [0.15, 0.2) is 0 Å². The molecule has 0 spiro atoms. The lowest BCUT2D eigenvalue weighted by Crippen LogP contribution is -2.12. The zero-order chi connectivity index (χ0) is 15.2. The molecule has 0 unspecified atom stereocenters. The predicted octanol–water partition coefficient (Wildman–Crippen LogP) is 4.26. The maximum atomic E-state index is 12.8. The van der Waals surface area contributed by atoms with Gasteiger partial charge in [-0.1, -0.05) is 17.7 Å². The molecule has 0 N–H and O–H groups in total. The Labute approximate surface area is 132 Å². The lowest BCUT2D eigenvalue weighted by molar-refractivity contribution is 0.589. The monoisotopic (exact) mass is 363 g/mol. The summed E-state index contributed by atoms with van der Waals surface area (Å²) in [6, 6.07) is 12.6. The molecule has 3 nitrogen and oxygen atoms in total. The quantitative estimate of drug-likeness (QED) is 0.682. The molecule has 2 aromatic carbocycles. The highest BCUT2D eigenvalue weighted by Crippen LogP contribution is 2.29. The normalized spacial score (nSPS) is 12.0. The van der Waals surface area contributed by atoms with E-state index < -0.39 is 10.0 Å². The highest BCUT2D eigenvalue weighted by molar-refractivity contribution is 9.10. The van der Waals surface area contributed by atoms with Crippen LogP contribution in [-0.2, 0) is 10.0 Å². The van der Waals surface area contributed by atoms with Gasteiger partial charge in [0.2, 0.25) is 0 Å². The Morgan fingerprint density at radius 1 is 0.952 bits per heavy atom. The van der Waals surface area contributed by atoms with Crippen molar-refractivity contribution in [2.75, 3.05) is 0 Å². The molecular weight excluding hydrogens is 350 g/mol. The van der Waals surface area contributed by atoms with Crippen LogP contribution in [0.25, 0.3) is 10.9 Å². The number of aryl methyl sites for hydroxylation is 2. The summed E-state index contributed by atoms with van der Waals surface area (Å²) in [4.78, 5) is 0.290. The molecule has 0 fully saturated rings. The second-order valence-electron chi connectivity index (χ2n) is 5.11. The van der Waals surface area contributed by atoms with Crippen molar-refractivity contribution < 1.29 is 8.42 Å². The standard InChI is InChI=1S/C16H14BrNO2S/c1-11-3-5-14(6-4-11)21(19,20)18-8-7-13-9-12(2)10-15(17)16(13)18/h3-10H,1-2H3. The second kappa shape index (κ2) is 5.00. The summed E-state index contributed by atoms with van der Waals surface area (Å²) in [6.07, 6.45) is 1.60. The zero-order valence-electron chi connectivity index (χ0n) is 11.7. The third-order valence-electron chi connectivity index (χ3n) is 3.42. The highest BCUT2D eigenvalue weighted by Gasteiger charge is 2.20. The van der Waals surface area contributed by atoms with Crippen molar-refractivity contribution in [3.63, 3.8) is 0 Å². The maximum Gasteiger partial charge on any atom is 0.268 e. The van der Waals surface area contributed by atoms with Crippen molar-refractivity contribution in [2.24, 2.45) is 0 Å². The lowest BCUT2D eigenvalue weighted by atomic mass is 10.2. The van der Waals surface area contributed by atoms with E-state index in [0.717, 1.165) is 21.0 Å². The molecule has 21 heavy (non-hydrogen) atoms. The van der Waals surface area contributed by atoms with Crippen molar-refractivity contribution in [1.82, 2.24) is 3.97 Å². The topological polar surface area (TPSA) is 39.1 Å². The Balaban J connectivity index is 2.27. The molecule has 0 aliphatic heterocycles. The van der Waals surface area contributed by atoms with Gasteiger partial charge in [-0.2, -0.15) is 0 Å². The predicted molar refractivity (Wildman–Crippen MR) is 88.1 cm³/mol. The van der Waals surface area contributed by atoms with Gasteiger partial charge in [-0.05, 0) is 65.7 Å². The van der Waals surface area contributed by atoms with Crippen LogP contribution in [0.1, 0.15) is 11.1 Å². The minimum atomic E-state index is -3.59. The molecule has 0 amide bonds. The molecule has 0 atom stereocenters. The van der Waals surface area contributed by atoms with Gasteiger partial charge in [0, 0.05) is 16.1 Å². The molecule has 0 radical (unpaired) electrons. The molecule has 1 aromatic heterocycles. The van der Waals surface area contributed by atoms with Crippen LogP contribution in [-0.4, -0.2) is 12.4 Å². The average molecular weight is 364 g/mol. The van der Waals surface area contributed by atoms with Gasteiger partial charge in [-0.3, -0.25) is 0 Å². The van der Waals surface area contributed by atoms with Crippen molar-refractivity contribution in [1.29, 1.82) is 0 Å². The first-order valence-electron chi connectivity index (χ1n) is 6.49. The summed E-state index contributed by atoms with van der Waals surface area (Å²) in [5, 5.41) is 0.901. The fraction of sp³-hybridized carbons (Fsp3) is 0.125. The molecule has 3 aromatic rings. The van der Waals surface area contributed by atoms with Crippen LogP contribution in [0.2, 0.25) is 0 Å². The van der Waals surface area contributed by atoms with E-state index in [1.54, 1.807) is 30.5 Å². The van der Waals surface area contributed by atoms with Gasteiger partial charge in [0.05, 0.1) is 10.4 Å². The van der Waals surface area contributed by atoms with Crippen molar-refractivity contribution >= 4 is 36.9 Å². The first-order chi connectivity index (χ1) is 9.89. The Morgan fingerprint density at radius 3 is 2.29 bits per heavy atom. The number of fused-ring (bicyclic) bond motifs is 1. The Kier molecular flexibility index (Phi) is 3.42. The zero-order valence-corrected chi connectivity index (χ0v) is 14.1. The summed E-state index contributed by atoms with van der Waals surface area (Å²) >= 11 is 3.47. The second-order valence-corrected chi connectivity index (χ2v) is 7.78. The number of nitrogens with zero attached hydrogens (tertiary/aromatic N) is 1. The molecule has 3 rings (SSSR count). The summed E-state index contributed by atoms with van der Waals surface area (Å²) in [6.45, 7) is 3.91. The lowest BCUT2D eigenvalue weighted by Gasteiger charge is -2.09. The van der Waals surface area contributed by atoms with Crippen molar-refractivity contribution in [3.8, 4) is 0 Å². The van der Waals surface area contributed by atoms with Crippen LogP contribution >= 0.6 is 15.9 Å². The minimum absolute atomic E-state index is 0.290. The van der Waals surface area contributed by atoms with Gasteiger partial charge in [-0.15, -0.1) is 0 Å². The number of hydrogen-bond acceptors (Lipinski definition) is 2. The summed E-state index contributed by atoms with van der Waals surface area (Å²) in [5.41, 5.74) is 2.78. The van der Waals surface area contributed by atoms with Crippen LogP contribution in [0.4, 0.5) is 0 Å². The van der Waals surface area contributed by atoms with Gasteiger partial charge < -0.3 is 0 Å². The van der Waals surface area contributed by atoms with Gasteiger partial charge in [0.1, 0.15) is 0 Å². The van der Waals surface area contributed by atoms with Gasteiger partial charge in [-0.25, -0.2) is 12.4 Å². The average Bonchev–Trinajstić information content (AvgIpc) is 2.83. The van der Waals surface area contributed by atoms with Crippen molar-refractivity contribution in [2.45, 2.75) is 18.7 Å². The van der Waals surface area contributed by atoms with E-state index in [4.69, 9.17) is 0 Å². The summed E-state index contributed by atoms with van der Waals surface area (Å²) in [7, 11) is -3.59. The van der Waals surface area contributed by atoms with Gasteiger partial charge >= 0.3 is 0 Å². The largest absolute Gasteiger partial charge is 0.268 e. The smallest absolute Gasteiger partial charge is 0.240 e. The number of benzene rings is 2. The number of halogens is 1. The van der Waals surface area contributed by atoms with E-state index >= 15 is 0 Å². The van der Waals surface area contributed by atoms with E-state index in [9.17, 15) is 8.42 Å². The molecule has 1 heterocycles. The molecular formula is C16H14BrNO2S. The van der Waals surface area contributed by atoms with Crippen LogP contribution in [0.3, 0.4) is 0 Å². The van der Waals surface area contributed by atoms with E-state index in [1.807, 2.05) is 32.0 Å². The number of hydrogen-bond donors (Lipinski definition) is 0. The molecule has 108 valence electrons. The highest BCUT2D eigenvalue weighted by atomic mass is 79.9. The fourth-order valence-electron chi connectivity index (χ4n) is 2.37. The fourth-order valence-corrected chi connectivity index (χ4v) is 4.64. The Morgan fingerprint density at radius 2 is 1.62 bits per heavy atom. The minimum Gasteiger partial charge on any atom is -0.240 e. The Hall–Kier alpha value is -1.59. The van der Waals surface area contributed by atoms with E-state index in [0.29, 0.717) is 5.52 Å². The number of aromatic nitrogens is 1. The maximum absolute atomic E-state index is 12.8. The van der Waals surface area contributed by atoms with Gasteiger partial charge in [0.25, 0.3) is 10.0 Å². The van der Waals surface area contributed by atoms with E-state index in [-0.39, 0.29) is 4.90 Å². The SMILES string of the molecule is Cc1ccc(S(=O)(=O)n2ccc3cc(C)cc(Br)c32)cc1. The molecule has 0 aliphatic rings. The molecule has 0 bridgehead atoms. The number of rotatable bonds is 2. The third kappa shape index (κ3) is 2.40.